The van der Waals surface area contributed by atoms with Crippen molar-refractivity contribution in [2.75, 3.05) is 0 Å². The topological polar surface area (TPSA) is 49.4 Å². The van der Waals surface area contributed by atoms with E-state index in [-0.39, 0.29) is 33.0 Å². The number of carbonyl (C=O) groups is 2. The van der Waals surface area contributed by atoms with Crippen molar-refractivity contribution >= 4 is 35.0 Å². The van der Waals surface area contributed by atoms with E-state index in [1.165, 1.54) is 5.01 Å². The zero-order valence-corrected chi connectivity index (χ0v) is 18.1. The third-order valence-corrected chi connectivity index (χ3v) is 5.15. The van der Waals surface area contributed by atoms with Gasteiger partial charge < -0.3 is 0 Å². The lowest BCUT2D eigenvalue weighted by Crippen LogP contribution is -2.56. The minimum Gasteiger partial charge on any atom is -0.267 e. The standard InChI is InChI=1S/C22H26Cl2N2O2/c1-5-10-18(22(2,3)4)26(21(28)15-11-7-6-8-12-15)25-20(27)19-16(23)13-9-14-17(19)24/h6-9,11-14,18H,5,10H2,1-4H3,(H,25,27). The van der Waals surface area contributed by atoms with Crippen molar-refractivity contribution in [2.45, 2.75) is 46.6 Å². The molecule has 1 N–H and O–H groups in total. The van der Waals surface area contributed by atoms with Gasteiger partial charge in [-0.1, -0.05) is 81.6 Å². The van der Waals surface area contributed by atoms with E-state index in [9.17, 15) is 9.59 Å². The molecule has 2 aromatic rings. The van der Waals surface area contributed by atoms with Gasteiger partial charge in [0.05, 0.1) is 21.7 Å². The van der Waals surface area contributed by atoms with Crippen molar-refractivity contribution < 1.29 is 9.59 Å². The molecule has 0 saturated carbocycles. The number of benzene rings is 2. The molecule has 4 nitrogen and oxygen atoms in total. The molecule has 0 aliphatic heterocycles. The number of hydrogen-bond acceptors (Lipinski definition) is 2. The molecule has 0 heterocycles. The summed E-state index contributed by atoms with van der Waals surface area (Å²) in [5.41, 5.74) is 3.18. The summed E-state index contributed by atoms with van der Waals surface area (Å²) >= 11 is 12.4. The Balaban J connectivity index is 2.45. The summed E-state index contributed by atoms with van der Waals surface area (Å²) in [7, 11) is 0. The molecule has 2 rings (SSSR count). The van der Waals surface area contributed by atoms with Gasteiger partial charge in [-0.05, 0) is 36.1 Å². The van der Waals surface area contributed by atoms with Crippen molar-refractivity contribution in [1.82, 2.24) is 10.4 Å². The molecule has 6 heteroatoms. The number of hydrogen-bond donors (Lipinski definition) is 1. The van der Waals surface area contributed by atoms with E-state index in [0.29, 0.717) is 5.56 Å². The van der Waals surface area contributed by atoms with Crippen molar-refractivity contribution in [3.63, 3.8) is 0 Å². The van der Waals surface area contributed by atoms with Gasteiger partial charge in [0, 0.05) is 5.56 Å². The lowest BCUT2D eigenvalue weighted by Gasteiger charge is -2.40. The van der Waals surface area contributed by atoms with E-state index in [1.807, 2.05) is 26.8 Å². The number of nitrogens with one attached hydrogen (secondary N) is 1. The fourth-order valence-corrected chi connectivity index (χ4v) is 3.66. The van der Waals surface area contributed by atoms with Crippen LogP contribution in [0.4, 0.5) is 0 Å². The van der Waals surface area contributed by atoms with Crippen LogP contribution >= 0.6 is 23.2 Å². The summed E-state index contributed by atoms with van der Waals surface area (Å²) in [5.74, 6) is -0.782. The van der Waals surface area contributed by atoms with Crippen LogP contribution < -0.4 is 5.43 Å². The Kier molecular flexibility index (Phi) is 7.50. The summed E-state index contributed by atoms with van der Waals surface area (Å²) in [4.78, 5) is 26.3. The molecule has 0 spiro atoms. The Morgan fingerprint density at radius 2 is 1.57 bits per heavy atom. The van der Waals surface area contributed by atoms with Gasteiger partial charge in [0.25, 0.3) is 11.8 Å². The third kappa shape index (κ3) is 5.27. The summed E-state index contributed by atoms with van der Waals surface area (Å²) in [6.45, 7) is 8.20. The largest absolute Gasteiger partial charge is 0.272 e. The quantitative estimate of drug-likeness (QED) is 0.603. The van der Waals surface area contributed by atoms with Gasteiger partial charge >= 0.3 is 0 Å². The zero-order valence-electron chi connectivity index (χ0n) is 16.6. The van der Waals surface area contributed by atoms with Crippen molar-refractivity contribution in [2.24, 2.45) is 5.41 Å². The Morgan fingerprint density at radius 3 is 2.07 bits per heavy atom. The molecule has 150 valence electrons. The van der Waals surface area contributed by atoms with Crippen LogP contribution in [0.2, 0.25) is 10.0 Å². The predicted molar refractivity (Wildman–Crippen MR) is 115 cm³/mol. The summed E-state index contributed by atoms with van der Waals surface area (Å²) in [6, 6.07) is 13.5. The molecule has 28 heavy (non-hydrogen) atoms. The first-order valence-corrected chi connectivity index (χ1v) is 10.1. The van der Waals surface area contributed by atoms with E-state index in [2.05, 4.69) is 12.3 Å². The highest BCUT2D eigenvalue weighted by atomic mass is 35.5. The van der Waals surface area contributed by atoms with Crippen LogP contribution in [-0.2, 0) is 0 Å². The van der Waals surface area contributed by atoms with Gasteiger partial charge in [-0.25, -0.2) is 5.01 Å². The molecule has 2 amide bonds. The number of carbonyl (C=O) groups excluding carboxylic acids is 2. The fourth-order valence-electron chi connectivity index (χ4n) is 3.09. The van der Waals surface area contributed by atoms with Crippen LogP contribution in [0.5, 0.6) is 0 Å². The number of nitrogens with zero attached hydrogens (tertiary/aromatic N) is 1. The predicted octanol–water partition coefficient (Wildman–Crippen LogP) is 6.00. The lowest BCUT2D eigenvalue weighted by molar-refractivity contribution is 0.0271. The maximum absolute atomic E-state index is 13.3. The minimum absolute atomic E-state index is 0.154. The number of amides is 2. The molecule has 0 aliphatic rings. The Hall–Kier alpha value is -2.04. The van der Waals surface area contributed by atoms with E-state index in [0.717, 1.165) is 12.8 Å². The fraction of sp³-hybridized carbons (Fsp3) is 0.364. The first-order chi connectivity index (χ1) is 13.2. The Bertz CT molecular complexity index is 812. The smallest absolute Gasteiger partial charge is 0.267 e. The molecule has 0 aromatic heterocycles. The number of hydrazine groups is 1. The van der Waals surface area contributed by atoms with Gasteiger partial charge in [0.2, 0.25) is 0 Å². The van der Waals surface area contributed by atoms with Crippen LogP contribution in [0.15, 0.2) is 48.5 Å². The summed E-state index contributed by atoms with van der Waals surface area (Å²) < 4.78 is 0. The molecule has 0 bridgehead atoms. The van der Waals surface area contributed by atoms with Gasteiger partial charge in [0.1, 0.15) is 0 Å². The minimum atomic E-state index is -0.509. The first-order valence-electron chi connectivity index (χ1n) is 9.30. The molecule has 0 radical (unpaired) electrons. The SMILES string of the molecule is CCCC(N(NC(=O)c1c(Cl)cccc1Cl)C(=O)c1ccccc1)C(C)(C)C. The number of rotatable bonds is 5. The van der Waals surface area contributed by atoms with Gasteiger partial charge in [-0.2, -0.15) is 0 Å². The molecule has 0 fully saturated rings. The second kappa shape index (κ2) is 9.44. The molecule has 1 atom stereocenters. The van der Waals surface area contributed by atoms with Crippen LogP contribution in [0.1, 0.15) is 61.3 Å². The molecular formula is C22H26Cl2N2O2. The highest BCUT2D eigenvalue weighted by Crippen LogP contribution is 2.29. The van der Waals surface area contributed by atoms with E-state index >= 15 is 0 Å². The molecular weight excluding hydrogens is 395 g/mol. The maximum Gasteiger partial charge on any atom is 0.272 e. The molecule has 0 saturated heterocycles. The zero-order chi connectivity index (χ0) is 20.9. The second-order valence-electron chi connectivity index (χ2n) is 7.75. The van der Waals surface area contributed by atoms with E-state index in [1.54, 1.807) is 42.5 Å². The van der Waals surface area contributed by atoms with Gasteiger partial charge in [-0.3, -0.25) is 15.0 Å². The van der Waals surface area contributed by atoms with Crippen LogP contribution in [0.25, 0.3) is 0 Å². The van der Waals surface area contributed by atoms with Crippen LogP contribution in [0, 0.1) is 5.41 Å². The average Bonchev–Trinajstić information content (AvgIpc) is 2.63. The first kappa shape index (κ1) is 22.3. The molecule has 1 unspecified atom stereocenters. The third-order valence-electron chi connectivity index (χ3n) is 4.52. The van der Waals surface area contributed by atoms with Gasteiger partial charge in [-0.15, -0.1) is 0 Å². The van der Waals surface area contributed by atoms with E-state index < -0.39 is 5.91 Å². The highest BCUT2D eigenvalue weighted by molar-refractivity contribution is 6.39. The summed E-state index contributed by atoms with van der Waals surface area (Å²) in [6.07, 6.45) is 1.60. The second-order valence-corrected chi connectivity index (χ2v) is 8.56. The Morgan fingerprint density at radius 1 is 1.00 bits per heavy atom. The van der Waals surface area contributed by atoms with Crippen LogP contribution in [0.3, 0.4) is 0 Å². The van der Waals surface area contributed by atoms with Gasteiger partial charge in [0.15, 0.2) is 0 Å². The maximum atomic E-state index is 13.3. The monoisotopic (exact) mass is 420 g/mol. The van der Waals surface area contributed by atoms with Crippen molar-refractivity contribution in [3.05, 3.63) is 69.7 Å². The Labute approximate surface area is 176 Å². The molecule has 0 aliphatic carbocycles. The number of halogens is 2. The average molecular weight is 421 g/mol. The van der Waals surface area contributed by atoms with Crippen LogP contribution in [-0.4, -0.2) is 22.9 Å². The highest BCUT2D eigenvalue weighted by Gasteiger charge is 2.35. The van der Waals surface area contributed by atoms with E-state index in [4.69, 9.17) is 23.2 Å². The van der Waals surface area contributed by atoms with Crippen molar-refractivity contribution in [1.29, 1.82) is 0 Å². The summed E-state index contributed by atoms with van der Waals surface area (Å²) in [5, 5.41) is 1.90. The lowest BCUT2D eigenvalue weighted by atomic mass is 9.83. The normalized spacial score (nSPS) is 12.4. The molecule has 2 aromatic carbocycles. The van der Waals surface area contributed by atoms with Crippen molar-refractivity contribution in [3.8, 4) is 0 Å².